The van der Waals surface area contributed by atoms with Crippen LogP contribution < -0.4 is 5.32 Å². The van der Waals surface area contributed by atoms with Crippen molar-refractivity contribution >= 4 is 17.3 Å². The fraction of sp³-hybridized carbons (Fsp3) is 0.529. The van der Waals surface area contributed by atoms with E-state index in [9.17, 15) is 0 Å². The van der Waals surface area contributed by atoms with Gasteiger partial charge in [-0.1, -0.05) is 6.07 Å². The van der Waals surface area contributed by atoms with Crippen molar-refractivity contribution in [2.24, 2.45) is 4.99 Å². The number of guanidine groups is 1. The number of aliphatic imine (C=N–C) groups is 1. The van der Waals surface area contributed by atoms with Gasteiger partial charge in [0.25, 0.3) is 0 Å². The largest absolute Gasteiger partial charge is 0.351 e. The molecule has 1 N–H and O–H groups in total. The van der Waals surface area contributed by atoms with Gasteiger partial charge in [0.1, 0.15) is 5.82 Å². The number of nitrogens with one attached hydrogen (secondary N) is 1. The highest BCUT2D eigenvalue weighted by Gasteiger charge is 2.13. The molecule has 5 nitrogen and oxygen atoms in total. The van der Waals surface area contributed by atoms with Gasteiger partial charge in [0.05, 0.1) is 12.2 Å². The summed E-state index contributed by atoms with van der Waals surface area (Å²) in [4.78, 5) is 12.7. The number of thiophene rings is 1. The van der Waals surface area contributed by atoms with Crippen molar-refractivity contribution in [2.45, 2.75) is 38.8 Å². The van der Waals surface area contributed by atoms with Crippen LogP contribution in [0.2, 0.25) is 0 Å². The summed E-state index contributed by atoms with van der Waals surface area (Å²) in [6, 6.07) is 4.29. The predicted molar refractivity (Wildman–Crippen MR) is 96.0 cm³/mol. The molecule has 2 aromatic rings. The third-order valence-corrected chi connectivity index (χ3v) is 5.17. The second-order valence-corrected chi connectivity index (χ2v) is 6.98. The van der Waals surface area contributed by atoms with Crippen LogP contribution in [0.4, 0.5) is 0 Å². The summed E-state index contributed by atoms with van der Waals surface area (Å²) < 4.78 is 2.30. The quantitative estimate of drug-likeness (QED) is 0.676. The Balaban J connectivity index is 1.51. The highest BCUT2D eigenvalue weighted by molar-refractivity contribution is 7.09. The molecule has 0 unspecified atom stereocenters. The molecular formula is C17H25N5S. The molecule has 0 saturated heterocycles. The molecule has 23 heavy (non-hydrogen) atoms. The minimum atomic E-state index is 0.732. The Hall–Kier alpha value is -1.82. The standard InChI is InChI=1S/C17H25N5S/c1-18-17(21(2)10-8-15-6-5-11-23-15)19-12-14-13-22-9-4-3-7-16(22)20-14/h5-6,11,13H,3-4,7-10,12H2,1-2H3,(H,18,19). The van der Waals surface area contributed by atoms with E-state index in [2.05, 4.69) is 50.5 Å². The summed E-state index contributed by atoms with van der Waals surface area (Å²) in [6.07, 6.45) is 6.86. The van der Waals surface area contributed by atoms with Crippen molar-refractivity contribution in [3.63, 3.8) is 0 Å². The summed E-state index contributed by atoms with van der Waals surface area (Å²) >= 11 is 1.81. The Morgan fingerprint density at radius 1 is 1.48 bits per heavy atom. The number of imidazole rings is 1. The van der Waals surface area contributed by atoms with E-state index in [0.717, 1.165) is 44.1 Å². The number of hydrogen-bond acceptors (Lipinski definition) is 3. The molecule has 0 fully saturated rings. The van der Waals surface area contributed by atoms with Crippen molar-refractivity contribution in [2.75, 3.05) is 20.6 Å². The van der Waals surface area contributed by atoms with Gasteiger partial charge in [0.2, 0.25) is 0 Å². The van der Waals surface area contributed by atoms with E-state index in [0.29, 0.717) is 0 Å². The Labute approximate surface area is 142 Å². The average Bonchev–Trinajstić information content (AvgIpc) is 3.22. The topological polar surface area (TPSA) is 45.5 Å². The molecule has 0 amide bonds. The number of hydrogen-bond donors (Lipinski definition) is 1. The van der Waals surface area contributed by atoms with Gasteiger partial charge < -0.3 is 14.8 Å². The van der Waals surface area contributed by atoms with Gasteiger partial charge in [-0.3, -0.25) is 4.99 Å². The molecular weight excluding hydrogens is 306 g/mol. The van der Waals surface area contributed by atoms with Crippen LogP contribution in [0, 0.1) is 0 Å². The van der Waals surface area contributed by atoms with Gasteiger partial charge >= 0.3 is 0 Å². The lowest BCUT2D eigenvalue weighted by atomic mass is 10.2. The highest BCUT2D eigenvalue weighted by Crippen LogP contribution is 2.14. The van der Waals surface area contributed by atoms with E-state index >= 15 is 0 Å². The first-order valence-corrected chi connectivity index (χ1v) is 9.13. The highest BCUT2D eigenvalue weighted by atomic mass is 32.1. The van der Waals surface area contributed by atoms with Crippen LogP contribution in [0.25, 0.3) is 0 Å². The van der Waals surface area contributed by atoms with Crippen LogP contribution in [0.3, 0.4) is 0 Å². The molecule has 3 rings (SSSR count). The minimum Gasteiger partial charge on any atom is -0.351 e. The molecule has 6 heteroatoms. The van der Waals surface area contributed by atoms with Crippen molar-refractivity contribution in [3.05, 3.63) is 40.1 Å². The van der Waals surface area contributed by atoms with Crippen LogP contribution >= 0.6 is 11.3 Å². The fourth-order valence-electron chi connectivity index (χ4n) is 2.95. The first-order chi connectivity index (χ1) is 11.3. The van der Waals surface area contributed by atoms with Crippen molar-refractivity contribution < 1.29 is 0 Å². The molecule has 0 bridgehead atoms. The van der Waals surface area contributed by atoms with E-state index in [1.165, 1.54) is 23.5 Å². The summed E-state index contributed by atoms with van der Waals surface area (Å²) in [5.41, 5.74) is 1.11. The number of nitrogens with zero attached hydrogens (tertiary/aromatic N) is 4. The molecule has 0 atom stereocenters. The third-order valence-electron chi connectivity index (χ3n) is 4.23. The predicted octanol–water partition coefficient (Wildman–Crippen LogP) is 2.53. The second-order valence-electron chi connectivity index (χ2n) is 5.95. The molecule has 0 aliphatic carbocycles. The first kappa shape index (κ1) is 16.1. The minimum absolute atomic E-state index is 0.732. The maximum Gasteiger partial charge on any atom is 0.193 e. The van der Waals surface area contributed by atoms with Gasteiger partial charge in [-0.2, -0.15) is 0 Å². The maximum absolute atomic E-state index is 4.73. The van der Waals surface area contributed by atoms with Crippen LogP contribution in [-0.2, 0) is 25.9 Å². The first-order valence-electron chi connectivity index (χ1n) is 8.25. The molecule has 2 aromatic heterocycles. The molecule has 1 aliphatic heterocycles. The SMILES string of the molecule is CN=C(NCc1cn2c(n1)CCCC2)N(C)CCc1cccs1. The van der Waals surface area contributed by atoms with Crippen molar-refractivity contribution in [1.82, 2.24) is 19.8 Å². The monoisotopic (exact) mass is 331 g/mol. The lowest BCUT2D eigenvalue weighted by molar-refractivity contribution is 0.486. The molecule has 124 valence electrons. The average molecular weight is 331 g/mol. The van der Waals surface area contributed by atoms with Crippen molar-refractivity contribution in [1.29, 1.82) is 0 Å². The summed E-state index contributed by atoms with van der Waals surface area (Å²) in [6.45, 7) is 2.80. The number of rotatable bonds is 5. The van der Waals surface area contributed by atoms with E-state index in [1.54, 1.807) is 0 Å². The second kappa shape index (κ2) is 7.64. The lowest BCUT2D eigenvalue weighted by Gasteiger charge is -2.21. The van der Waals surface area contributed by atoms with Gasteiger partial charge in [0, 0.05) is 44.7 Å². The number of fused-ring (bicyclic) bond motifs is 1. The van der Waals surface area contributed by atoms with E-state index < -0.39 is 0 Å². The van der Waals surface area contributed by atoms with Gasteiger partial charge in [-0.15, -0.1) is 11.3 Å². The Kier molecular flexibility index (Phi) is 5.33. The molecule has 0 saturated carbocycles. The molecule has 0 radical (unpaired) electrons. The summed E-state index contributed by atoms with van der Waals surface area (Å²) in [5.74, 6) is 2.15. The van der Waals surface area contributed by atoms with Crippen LogP contribution in [0.5, 0.6) is 0 Å². The van der Waals surface area contributed by atoms with Crippen LogP contribution in [-0.4, -0.2) is 41.1 Å². The number of aryl methyl sites for hydroxylation is 2. The molecule has 3 heterocycles. The number of aromatic nitrogens is 2. The van der Waals surface area contributed by atoms with E-state index in [1.807, 2.05) is 18.4 Å². The van der Waals surface area contributed by atoms with Gasteiger partial charge in [-0.25, -0.2) is 4.98 Å². The summed E-state index contributed by atoms with van der Waals surface area (Å²) in [7, 11) is 3.92. The Morgan fingerprint density at radius 3 is 3.13 bits per heavy atom. The lowest BCUT2D eigenvalue weighted by Crippen LogP contribution is -2.39. The van der Waals surface area contributed by atoms with Gasteiger partial charge in [-0.05, 0) is 30.7 Å². The third kappa shape index (κ3) is 4.13. The van der Waals surface area contributed by atoms with E-state index in [-0.39, 0.29) is 0 Å². The molecule has 1 aliphatic rings. The smallest absolute Gasteiger partial charge is 0.193 e. The van der Waals surface area contributed by atoms with Crippen LogP contribution in [0.15, 0.2) is 28.7 Å². The zero-order valence-corrected chi connectivity index (χ0v) is 14.8. The van der Waals surface area contributed by atoms with Crippen molar-refractivity contribution in [3.8, 4) is 0 Å². The van der Waals surface area contributed by atoms with Crippen LogP contribution in [0.1, 0.15) is 29.2 Å². The Bertz CT molecular complexity index is 620. The zero-order valence-electron chi connectivity index (χ0n) is 14.0. The molecule has 0 aromatic carbocycles. The van der Waals surface area contributed by atoms with E-state index in [4.69, 9.17) is 4.98 Å². The number of likely N-dealkylation sites (N-methyl/N-ethyl adjacent to an activating group) is 1. The fourth-order valence-corrected chi connectivity index (χ4v) is 3.65. The molecule has 0 spiro atoms. The summed E-state index contributed by atoms with van der Waals surface area (Å²) in [5, 5.41) is 5.56. The normalized spacial score (nSPS) is 14.6. The Morgan fingerprint density at radius 2 is 2.39 bits per heavy atom. The van der Waals surface area contributed by atoms with Gasteiger partial charge in [0.15, 0.2) is 5.96 Å². The zero-order chi connectivity index (χ0) is 16.1. The maximum atomic E-state index is 4.73.